The van der Waals surface area contributed by atoms with E-state index in [0.717, 1.165) is 19.4 Å². The lowest BCUT2D eigenvalue weighted by Crippen LogP contribution is -3.00. The number of carbonyl (C=O) groups is 1. The fourth-order valence-corrected chi connectivity index (χ4v) is 5.25. The number of amides is 1. The lowest BCUT2D eigenvalue weighted by atomic mass is 9.72. The zero-order valence-corrected chi connectivity index (χ0v) is 14.5. The van der Waals surface area contributed by atoms with Crippen molar-refractivity contribution in [1.29, 1.82) is 0 Å². The molecular formula is C16H25IN2O. The highest BCUT2D eigenvalue weighted by Crippen LogP contribution is 2.46. The number of halogens is 1. The van der Waals surface area contributed by atoms with Gasteiger partial charge in [-0.2, -0.15) is 0 Å². The fourth-order valence-electron chi connectivity index (χ4n) is 5.25. The third-order valence-electron chi connectivity index (χ3n) is 6.11. The van der Waals surface area contributed by atoms with Crippen LogP contribution < -0.4 is 24.0 Å². The molecule has 4 atom stereocenters. The lowest BCUT2D eigenvalue weighted by molar-refractivity contribution is -0.949. The zero-order valence-electron chi connectivity index (χ0n) is 12.4. The molecule has 1 amide bonds. The number of rotatable bonds is 0. The van der Waals surface area contributed by atoms with Crippen LogP contribution in [-0.2, 0) is 4.79 Å². The summed E-state index contributed by atoms with van der Waals surface area (Å²) < 4.78 is 1.17. The molecule has 4 rings (SSSR count). The second-order valence-electron chi connectivity index (χ2n) is 7.25. The van der Waals surface area contributed by atoms with Gasteiger partial charge in [-0.1, -0.05) is 6.08 Å². The first-order chi connectivity index (χ1) is 9.19. The molecule has 3 fully saturated rings. The Morgan fingerprint density at radius 2 is 2.15 bits per heavy atom. The van der Waals surface area contributed by atoms with E-state index in [-0.39, 0.29) is 24.0 Å². The first kappa shape index (κ1) is 14.8. The summed E-state index contributed by atoms with van der Waals surface area (Å²) in [5, 5.41) is 0. The van der Waals surface area contributed by atoms with Gasteiger partial charge in [0.2, 0.25) is 5.91 Å². The molecule has 0 aromatic carbocycles. The van der Waals surface area contributed by atoms with E-state index < -0.39 is 0 Å². The second kappa shape index (κ2) is 5.27. The molecule has 3 saturated heterocycles. The molecule has 20 heavy (non-hydrogen) atoms. The smallest absolute Gasteiger partial charge is 0.235 e. The van der Waals surface area contributed by atoms with Crippen molar-refractivity contribution in [1.82, 2.24) is 4.90 Å². The van der Waals surface area contributed by atoms with Crippen LogP contribution in [0.2, 0.25) is 0 Å². The molecule has 0 radical (unpaired) electrons. The summed E-state index contributed by atoms with van der Waals surface area (Å²) in [6.45, 7) is 3.54. The molecule has 3 nitrogen and oxygen atoms in total. The minimum absolute atomic E-state index is 0. The summed E-state index contributed by atoms with van der Waals surface area (Å²) in [5.74, 6) is 1.43. The van der Waals surface area contributed by atoms with Crippen LogP contribution in [0.4, 0.5) is 0 Å². The molecule has 0 spiro atoms. The van der Waals surface area contributed by atoms with Crippen LogP contribution in [-0.4, -0.2) is 48.0 Å². The Hall–Kier alpha value is -0.100. The van der Waals surface area contributed by atoms with Crippen molar-refractivity contribution in [3.8, 4) is 0 Å². The number of quaternary nitrogens is 1. The van der Waals surface area contributed by atoms with Crippen molar-refractivity contribution in [2.24, 2.45) is 11.8 Å². The van der Waals surface area contributed by atoms with Gasteiger partial charge in [-0.05, 0) is 32.1 Å². The number of hydrogen-bond donors (Lipinski definition) is 0. The number of allylic oxidation sites excluding steroid dienone is 1. The fraction of sp³-hybridized carbons (Fsp3) is 0.812. The van der Waals surface area contributed by atoms with Crippen LogP contribution in [0.25, 0.3) is 0 Å². The molecule has 2 bridgehead atoms. The van der Waals surface area contributed by atoms with Crippen LogP contribution in [0.5, 0.6) is 0 Å². The predicted octanol–water partition coefficient (Wildman–Crippen LogP) is -0.854. The standard InChI is InChI=1S/C16H25N2O.HI/c1-18-9-5-3-7-15(18)13-10-12(11-18)14-6-2-4-8-17(14)16(13)19;/h6,12-13,15H,2-5,7-11H2,1H3;1H/q+1;/p-1/t12-,13+,15-,18?;/m0./s1. The third kappa shape index (κ3) is 2.05. The summed E-state index contributed by atoms with van der Waals surface area (Å²) in [6.07, 6.45) is 9.78. The van der Waals surface area contributed by atoms with E-state index in [0.29, 0.717) is 23.8 Å². The average Bonchev–Trinajstić information content (AvgIpc) is 2.43. The van der Waals surface area contributed by atoms with Crippen molar-refractivity contribution in [3.63, 3.8) is 0 Å². The van der Waals surface area contributed by atoms with E-state index in [9.17, 15) is 4.79 Å². The Bertz CT molecular complexity index is 450. The van der Waals surface area contributed by atoms with Gasteiger partial charge in [0.25, 0.3) is 0 Å². The maximum absolute atomic E-state index is 12.8. The summed E-state index contributed by atoms with van der Waals surface area (Å²) in [5.41, 5.74) is 1.39. The minimum Gasteiger partial charge on any atom is -1.00 e. The van der Waals surface area contributed by atoms with Crippen LogP contribution in [0.15, 0.2) is 11.8 Å². The first-order valence-corrected chi connectivity index (χ1v) is 8.05. The van der Waals surface area contributed by atoms with Gasteiger partial charge in [-0.25, -0.2) is 0 Å². The molecular weight excluding hydrogens is 363 g/mol. The van der Waals surface area contributed by atoms with Gasteiger partial charge in [0.05, 0.1) is 26.1 Å². The second-order valence-corrected chi connectivity index (χ2v) is 7.25. The van der Waals surface area contributed by atoms with Gasteiger partial charge in [-0.3, -0.25) is 4.79 Å². The van der Waals surface area contributed by atoms with Gasteiger partial charge < -0.3 is 33.4 Å². The Morgan fingerprint density at radius 3 is 3.00 bits per heavy atom. The van der Waals surface area contributed by atoms with Gasteiger partial charge >= 0.3 is 0 Å². The van der Waals surface area contributed by atoms with Crippen LogP contribution >= 0.6 is 0 Å². The van der Waals surface area contributed by atoms with Crippen LogP contribution in [0.1, 0.15) is 38.5 Å². The number of hydrogen-bond acceptors (Lipinski definition) is 1. The van der Waals surface area contributed by atoms with E-state index in [1.807, 2.05) is 0 Å². The van der Waals surface area contributed by atoms with Crippen LogP contribution in [0.3, 0.4) is 0 Å². The van der Waals surface area contributed by atoms with E-state index in [1.54, 1.807) is 0 Å². The van der Waals surface area contributed by atoms with Crippen molar-refractivity contribution in [2.45, 2.75) is 44.6 Å². The third-order valence-corrected chi connectivity index (χ3v) is 6.11. The Labute approximate surface area is 139 Å². The van der Waals surface area contributed by atoms with Crippen molar-refractivity contribution in [3.05, 3.63) is 11.8 Å². The largest absolute Gasteiger partial charge is 1.00 e. The van der Waals surface area contributed by atoms with Crippen molar-refractivity contribution in [2.75, 3.05) is 26.7 Å². The van der Waals surface area contributed by atoms with Crippen molar-refractivity contribution < 1.29 is 33.3 Å². The lowest BCUT2D eigenvalue weighted by Gasteiger charge is -2.57. The number of fused-ring (bicyclic) bond motifs is 6. The van der Waals surface area contributed by atoms with Crippen LogP contribution in [0, 0.1) is 11.8 Å². The highest BCUT2D eigenvalue weighted by atomic mass is 127. The molecule has 0 N–H and O–H groups in total. The molecule has 1 unspecified atom stereocenters. The molecule has 0 aliphatic carbocycles. The minimum atomic E-state index is 0. The van der Waals surface area contributed by atoms with E-state index >= 15 is 0 Å². The topological polar surface area (TPSA) is 20.3 Å². The maximum Gasteiger partial charge on any atom is 0.235 e. The Morgan fingerprint density at radius 1 is 1.30 bits per heavy atom. The highest BCUT2D eigenvalue weighted by molar-refractivity contribution is 5.83. The normalized spacial score (nSPS) is 43.0. The molecule has 0 aromatic heterocycles. The Balaban J connectivity index is 0.00000121. The Kier molecular flexibility index (Phi) is 3.91. The zero-order chi connectivity index (χ0) is 13.0. The molecule has 4 aliphatic heterocycles. The number of piperidine rings is 3. The number of carbonyl (C=O) groups excluding carboxylic acids is 1. The SMILES string of the molecule is C[N+]12CCCC[C@H]1[C@H]1C[C@@H](C2)C2=CCCCN2C1=O.[I-]. The molecule has 4 aliphatic rings. The van der Waals surface area contributed by atoms with Gasteiger partial charge in [0.1, 0.15) is 6.04 Å². The molecule has 0 saturated carbocycles. The van der Waals surface area contributed by atoms with E-state index in [4.69, 9.17) is 0 Å². The summed E-state index contributed by atoms with van der Waals surface area (Å²) >= 11 is 0. The average molecular weight is 388 g/mol. The molecule has 4 heterocycles. The summed E-state index contributed by atoms with van der Waals surface area (Å²) in [6, 6.07) is 0.612. The van der Waals surface area contributed by atoms with Gasteiger partial charge in [0.15, 0.2) is 0 Å². The quantitative estimate of drug-likeness (QED) is 0.391. The summed E-state index contributed by atoms with van der Waals surface area (Å²) in [4.78, 5) is 15.0. The van der Waals surface area contributed by atoms with Gasteiger partial charge in [0, 0.05) is 24.6 Å². The van der Waals surface area contributed by atoms with E-state index in [1.165, 1.54) is 49.0 Å². The van der Waals surface area contributed by atoms with Gasteiger partial charge in [-0.15, -0.1) is 0 Å². The molecule has 0 aromatic rings. The maximum atomic E-state index is 12.8. The predicted molar refractivity (Wildman–Crippen MR) is 74.2 cm³/mol. The van der Waals surface area contributed by atoms with E-state index in [2.05, 4.69) is 18.0 Å². The summed E-state index contributed by atoms with van der Waals surface area (Å²) in [7, 11) is 2.41. The highest BCUT2D eigenvalue weighted by Gasteiger charge is 2.55. The molecule has 112 valence electrons. The first-order valence-electron chi connectivity index (χ1n) is 8.05. The number of nitrogens with zero attached hydrogens (tertiary/aromatic N) is 2. The monoisotopic (exact) mass is 388 g/mol. The molecule has 4 heteroatoms. The van der Waals surface area contributed by atoms with Crippen molar-refractivity contribution >= 4 is 5.91 Å².